The Balaban J connectivity index is 1.79. The summed E-state index contributed by atoms with van der Waals surface area (Å²) in [7, 11) is 1.86. The van der Waals surface area contributed by atoms with Crippen molar-refractivity contribution in [2.45, 2.75) is 18.4 Å². The van der Waals surface area contributed by atoms with Gasteiger partial charge < -0.3 is 5.11 Å². The van der Waals surface area contributed by atoms with Gasteiger partial charge in [-0.1, -0.05) is 30.3 Å². The smallest absolute Gasteiger partial charge is 0.100 e. The summed E-state index contributed by atoms with van der Waals surface area (Å²) in [6.45, 7) is 0. The second-order valence-corrected chi connectivity index (χ2v) is 5.72. The van der Waals surface area contributed by atoms with Crippen LogP contribution < -0.4 is 0 Å². The van der Waals surface area contributed by atoms with Crippen molar-refractivity contribution in [2.24, 2.45) is 13.0 Å². The summed E-state index contributed by atoms with van der Waals surface area (Å²) in [4.78, 5) is 0. The predicted octanol–water partition coefficient (Wildman–Crippen LogP) is 3.02. The third-order valence-corrected chi connectivity index (χ3v) is 4.30. The summed E-state index contributed by atoms with van der Waals surface area (Å²) in [6.07, 6.45) is 2.33. The molecule has 1 N–H and O–H groups in total. The number of aromatic nitrogens is 2. The summed E-state index contributed by atoms with van der Waals surface area (Å²) in [5.41, 5.74) is 2.19. The van der Waals surface area contributed by atoms with Crippen LogP contribution >= 0.6 is 15.9 Å². The molecule has 0 radical (unpaired) electrons. The van der Waals surface area contributed by atoms with Crippen molar-refractivity contribution < 1.29 is 5.11 Å². The second-order valence-electron chi connectivity index (χ2n) is 4.86. The Hall–Kier alpha value is -1.13. The molecule has 0 aliphatic heterocycles. The van der Waals surface area contributed by atoms with Crippen LogP contribution in [0, 0.1) is 5.92 Å². The van der Waals surface area contributed by atoms with Gasteiger partial charge >= 0.3 is 0 Å². The number of aliphatic hydroxyl groups excluding tert-OH is 1. The van der Waals surface area contributed by atoms with Gasteiger partial charge in [-0.2, -0.15) is 5.10 Å². The van der Waals surface area contributed by atoms with Crippen LogP contribution in [-0.4, -0.2) is 14.9 Å². The Kier molecular flexibility index (Phi) is 2.99. The zero-order chi connectivity index (χ0) is 12.7. The first-order chi connectivity index (χ1) is 8.68. The van der Waals surface area contributed by atoms with Crippen LogP contribution in [-0.2, 0) is 7.05 Å². The van der Waals surface area contributed by atoms with Crippen molar-refractivity contribution in [3.63, 3.8) is 0 Å². The van der Waals surface area contributed by atoms with Crippen LogP contribution in [0.1, 0.15) is 29.7 Å². The molecule has 1 heterocycles. The van der Waals surface area contributed by atoms with Gasteiger partial charge in [0.15, 0.2) is 0 Å². The summed E-state index contributed by atoms with van der Waals surface area (Å²) in [5, 5.41) is 14.6. The monoisotopic (exact) mass is 306 g/mol. The van der Waals surface area contributed by atoms with E-state index in [2.05, 4.69) is 45.3 Å². The molecule has 2 aromatic rings. The lowest BCUT2D eigenvalue weighted by atomic mass is 10.1. The highest BCUT2D eigenvalue weighted by atomic mass is 79.9. The van der Waals surface area contributed by atoms with Gasteiger partial charge in [0.25, 0.3) is 0 Å². The predicted molar refractivity (Wildman–Crippen MR) is 73.2 cm³/mol. The first-order valence-corrected chi connectivity index (χ1v) is 6.88. The number of hydrogen-bond acceptors (Lipinski definition) is 2. The first kappa shape index (κ1) is 11.9. The van der Waals surface area contributed by atoms with E-state index in [1.54, 1.807) is 10.9 Å². The van der Waals surface area contributed by atoms with Gasteiger partial charge in [0.05, 0.1) is 16.4 Å². The quantitative estimate of drug-likeness (QED) is 0.946. The van der Waals surface area contributed by atoms with Crippen LogP contribution in [0.4, 0.5) is 0 Å². The number of benzene rings is 1. The minimum atomic E-state index is -0.447. The molecule has 1 saturated carbocycles. The van der Waals surface area contributed by atoms with Crippen molar-refractivity contribution in [2.75, 3.05) is 0 Å². The molecule has 3 rings (SSSR count). The summed E-state index contributed by atoms with van der Waals surface area (Å²) in [5.74, 6) is 0.780. The fraction of sp³-hybridized carbons (Fsp3) is 0.357. The lowest BCUT2D eigenvalue weighted by Crippen LogP contribution is -2.08. The van der Waals surface area contributed by atoms with E-state index in [9.17, 15) is 5.11 Å². The average Bonchev–Trinajstić information content (AvgIpc) is 3.11. The standard InChI is InChI=1S/C14H15BrN2O/c1-17-13(12(15)8-16-17)14(18)11-7-10(11)9-5-3-2-4-6-9/h2-6,8,10-11,14,18H,7H2,1H3. The third-order valence-electron chi connectivity index (χ3n) is 3.69. The zero-order valence-electron chi connectivity index (χ0n) is 10.1. The zero-order valence-corrected chi connectivity index (χ0v) is 11.7. The maximum Gasteiger partial charge on any atom is 0.100 e. The number of halogens is 1. The van der Waals surface area contributed by atoms with Crippen molar-refractivity contribution in [3.8, 4) is 0 Å². The van der Waals surface area contributed by atoms with Crippen LogP contribution in [0.5, 0.6) is 0 Å². The van der Waals surface area contributed by atoms with Crippen LogP contribution in [0.3, 0.4) is 0 Å². The molecule has 3 unspecified atom stereocenters. The molecule has 4 heteroatoms. The molecule has 94 valence electrons. The lowest BCUT2D eigenvalue weighted by Gasteiger charge is -2.11. The largest absolute Gasteiger partial charge is 0.386 e. The Bertz CT molecular complexity index is 533. The molecule has 1 aromatic carbocycles. The van der Waals surface area contributed by atoms with E-state index in [4.69, 9.17) is 0 Å². The van der Waals surface area contributed by atoms with Gasteiger partial charge in [0.1, 0.15) is 6.10 Å². The fourth-order valence-corrected chi connectivity index (χ4v) is 3.19. The van der Waals surface area contributed by atoms with Gasteiger partial charge in [-0.25, -0.2) is 0 Å². The van der Waals surface area contributed by atoms with Crippen molar-refractivity contribution in [3.05, 3.63) is 52.3 Å². The molecule has 1 aliphatic carbocycles. The van der Waals surface area contributed by atoms with Gasteiger partial charge in [-0.05, 0) is 39.8 Å². The minimum absolute atomic E-state index is 0.305. The second kappa shape index (κ2) is 4.52. The number of aryl methyl sites for hydroxylation is 1. The summed E-state index contributed by atoms with van der Waals surface area (Å²) >= 11 is 3.45. The molecule has 1 aromatic heterocycles. The van der Waals surface area contributed by atoms with Crippen LogP contribution in [0.25, 0.3) is 0 Å². The Labute approximate surface area is 115 Å². The average molecular weight is 307 g/mol. The molecule has 3 nitrogen and oxygen atoms in total. The highest BCUT2D eigenvalue weighted by molar-refractivity contribution is 9.10. The van der Waals surface area contributed by atoms with Gasteiger partial charge in [0.2, 0.25) is 0 Å². The number of hydrogen-bond donors (Lipinski definition) is 1. The molecule has 1 aliphatic rings. The first-order valence-electron chi connectivity index (χ1n) is 6.09. The maximum absolute atomic E-state index is 10.5. The normalized spacial score (nSPS) is 23.9. The van der Waals surface area contributed by atoms with Crippen LogP contribution in [0.2, 0.25) is 0 Å². The third kappa shape index (κ3) is 1.99. The number of aliphatic hydroxyl groups is 1. The highest BCUT2D eigenvalue weighted by Crippen LogP contribution is 2.54. The molecule has 0 amide bonds. The SMILES string of the molecule is Cn1ncc(Br)c1C(O)C1CC1c1ccccc1. The molecule has 0 spiro atoms. The van der Waals surface area contributed by atoms with Crippen molar-refractivity contribution >= 4 is 15.9 Å². The van der Waals surface area contributed by atoms with Gasteiger partial charge in [0, 0.05) is 7.05 Å². The molecule has 0 saturated heterocycles. The molecule has 3 atom stereocenters. The van der Waals surface area contributed by atoms with Crippen LogP contribution in [0.15, 0.2) is 41.0 Å². The van der Waals surface area contributed by atoms with E-state index in [-0.39, 0.29) is 0 Å². The Morgan fingerprint density at radius 3 is 2.72 bits per heavy atom. The van der Waals surface area contributed by atoms with E-state index in [0.29, 0.717) is 11.8 Å². The molecule has 1 fully saturated rings. The minimum Gasteiger partial charge on any atom is -0.386 e. The summed E-state index contributed by atoms with van der Waals surface area (Å²) in [6, 6.07) is 10.4. The highest BCUT2D eigenvalue weighted by Gasteiger charge is 2.45. The van der Waals surface area contributed by atoms with E-state index >= 15 is 0 Å². The molecular formula is C14H15BrN2O. The molecular weight excluding hydrogens is 292 g/mol. The summed E-state index contributed by atoms with van der Waals surface area (Å²) < 4.78 is 2.63. The Morgan fingerprint density at radius 1 is 1.39 bits per heavy atom. The van der Waals surface area contributed by atoms with Crippen molar-refractivity contribution in [1.29, 1.82) is 0 Å². The topological polar surface area (TPSA) is 38.0 Å². The number of rotatable bonds is 3. The van der Waals surface area contributed by atoms with E-state index in [1.807, 2.05) is 13.1 Å². The maximum atomic E-state index is 10.5. The Morgan fingerprint density at radius 2 is 2.11 bits per heavy atom. The fourth-order valence-electron chi connectivity index (χ4n) is 2.60. The van der Waals surface area contributed by atoms with E-state index in [1.165, 1.54) is 5.56 Å². The number of nitrogens with zero attached hydrogens (tertiary/aromatic N) is 2. The van der Waals surface area contributed by atoms with E-state index < -0.39 is 6.10 Å². The van der Waals surface area contributed by atoms with Gasteiger partial charge in [-0.15, -0.1) is 0 Å². The van der Waals surface area contributed by atoms with Crippen molar-refractivity contribution in [1.82, 2.24) is 9.78 Å². The van der Waals surface area contributed by atoms with E-state index in [0.717, 1.165) is 16.6 Å². The van der Waals surface area contributed by atoms with Gasteiger partial charge in [-0.3, -0.25) is 4.68 Å². The molecule has 18 heavy (non-hydrogen) atoms. The lowest BCUT2D eigenvalue weighted by molar-refractivity contribution is 0.141. The molecule has 0 bridgehead atoms.